The lowest BCUT2D eigenvalue weighted by Gasteiger charge is -2.14. The van der Waals surface area contributed by atoms with Gasteiger partial charge in [-0.1, -0.05) is 41.6 Å². The highest BCUT2D eigenvalue weighted by atomic mass is 35.5. The third kappa shape index (κ3) is 5.90. The molecule has 30 heavy (non-hydrogen) atoms. The van der Waals surface area contributed by atoms with E-state index in [-0.39, 0.29) is 5.91 Å². The highest BCUT2D eigenvalue weighted by Gasteiger charge is 2.22. The Bertz CT molecular complexity index is 987. The maximum atomic E-state index is 11.8. The number of carbonyl (C=O) groups excluding carboxylic acids is 1. The van der Waals surface area contributed by atoms with E-state index in [2.05, 4.69) is 11.4 Å². The third-order valence-electron chi connectivity index (χ3n) is 4.19. The molecule has 3 rings (SSSR count). The third-order valence-corrected chi connectivity index (χ3v) is 5.63. The van der Waals surface area contributed by atoms with E-state index in [9.17, 15) is 4.79 Å². The van der Waals surface area contributed by atoms with Crippen LogP contribution in [-0.4, -0.2) is 30.6 Å². The molecule has 0 saturated carbocycles. The van der Waals surface area contributed by atoms with Gasteiger partial charge in [0.25, 0.3) is 5.91 Å². The van der Waals surface area contributed by atoms with Crippen LogP contribution in [0.4, 0.5) is 0 Å². The molecule has 1 heterocycles. The number of rotatable bonds is 8. The van der Waals surface area contributed by atoms with Crippen LogP contribution < -0.4 is 19.5 Å². The lowest BCUT2D eigenvalue weighted by atomic mass is 10.1. The Morgan fingerprint density at radius 1 is 1.10 bits per heavy atom. The second-order valence-corrected chi connectivity index (χ2v) is 8.89. The Labute approximate surface area is 190 Å². The van der Waals surface area contributed by atoms with Gasteiger partial charge < -0.3 is 19.5 Å². The summed E-state index contributed by atoms with van der Waals surface area (Å²) in [7, 11) is 1.55. The summed E-state index contributed by atoms with van der Waals surface area (Å²) in [5.41, 5.74) is 3.07. The van der Waals surface area contributed by atoms with Crippen LogP contribution in [0.15, 0.2) is 35.2 Å². The van der Waals surface area contributed by atoms with Crippen LogP contribution in [0, 0.1) is 13.8 Å². The number of hydrogen-bond acceptors (Lipinski definition) is 6. The minimum absolute atomic E-state index is 0.218. The van der Waals surface area contributed by atoms with Gasteiger partial charge >= 0.3 is 0 Å². The molecule has 158 valence electrons. The maximum absolute atomic E-state index is 11.8. The monoisotopic (exact) mass is 463 g/mol. The second kappa shape index (κ2) is 10.2. The minimum Gasteiger partial charge on any atom is -0.493 e. The molecule has 1 aliphatic rings. The Hall–Kier alpha value is -2.22. The van der Waals surface area contributed by atoms with Crippen molar-refractivity contribution < 1.29 is 19.0 Å². The van der Waals surface area contributed by atoms with Gasteiger partial charge in [-0.2, -0.15) is 0 Å². The van der Waals surface area contributed by atoms with Crippen LogP contribution in [0.1, 0.15) is 23.1 Å². The number of methoxy groups -OCH3 is 1. The predicted molar refractivity (Wildman–Crippen MR) is 126 cm³/mol. The summed E-state index contributed by atoms with van der Waals surface area (Å²) in [5.74, 6) is 1.60. The van der Waals surface area contributed by atoms with Crippen molar-refractivity contribution in [3.63, 3.8) is 0 Å². The van der Waals surface area contributed by atoms with E-state index in [0.717, 1.165) is 11.3 Å². The first-order valence-electron chi connectivity index (χ1n) is 9.32. The summed E-state index contributed by atoms with van der Waals surface area (Å²) < 4.78 is 17.5. The van der Waals surface area contributed by atoms with Crippen LogP contribution in [0.3, 0.4) is 0 Å². The van der Waals surface area contributed by atoms with Gasteiger partial charge in [0.1, 0.15) is 10.1 Å². The summed E-state index contributed by atoms with van der Waals surface area (Å²) in [4.78, 5) is 12.4. The van der Waals surface area contributed by atoms with E-state index in [0.29, 0.717) is 45.4 Å². The van der Waals surface area contributed by atoms with E-state index in [1.165, 1.54) is 22.9 Å². The van der Waals surface area contributed by atoms with Gasteiger partial charge in [-0.3, -0.25) is 4.79 Å². The standard InChI is InChI=1S/C22H22ClNO4S2/c1-13-7-14(2)9-16(8-13)27-5-4-6-28-20-17(23)10-15(11-18(20)26-3)12-19-21(25)24-22(29)30-19/h7-12H,4-6H2,1-3H3,(H,24,25,29)/b19-12+. The van der Waals surface area contributed by atoms with Crippen molar-refractivity contribution >= 4 is 51.9 Å². The molecule has 0 aromatic heterocycles. The normalized spacial score (nSPS) is 14.7. The molecular weight excluding hydrogens is 442 g/mol. The zero-order valence-corrected chi connectivity index (χ0v) is 19.3. The van der Waals surface area contributed by atoms with Gasteiger partial charge in [0, 0.05) is 6.42 Å². The molecule has 0 spiro atoms. The molecule has 2 aromatic rings. The van der Waals surface area contributed by atoms with E-state index < -0.39 is 0 Å². The number of aryl methyl sites for hydroxylation is 2. The molecule has 1 N–H and O–H groups in total. The molecular formula is C22H22ClNO4S2. The van der Waals surface area contributed by atoms with E-state index >= 15 is 0 Å². The number of thiocarbonyl (C=S) groups is 1. The SMILES string of the molecule is COc1cc(/C=C2/SC(=S)NC2=O)cc(Cl)c1OCCCOc1cc(C)cc(C)c1. The fourth-order valence-corrected chi connectivity index (χ4v) is 4.29. The molecule has 2 aromatic carbocycles. The lowest BCUT2D eigenvalue weighted by molar-refractivity contribution is -0.115. The van der Waals surface area contributed by atoms with Crippen molar-refractivity contribution in [3.8, 4) is 17.2 Å². The average Bonchev–Trinajstić information content (AvgIpc) is 2.98. The predicted octanol–water partition coefficient (Wildman–Crippen LogP) is 5.30. The highest BCUT2D eigenvalue weighted by molar-refractivity contribution is 8.26. The first kappa shape index (κ1) is 22.5. The van der Waals surface area contributed by atoms with Crippen molar-refractivity contribution in [1.82, 2.24) is 5.32 Å². The molecule has 8 heteroatoms. The summed E-state index contributed by atoms with van der Waals surface area (Å²) in [6, 6.07) is 9.63. The van der Waals surface area contributed by atoms with Gasteiger partial charge in [-0.15, -0.1) is 0 Å². The summed E-state index contributed by atoms with van der Waals surface area (Å²) in [6.07, 6.45) is 2.40. The number of thioether (sulfide) groups is 1. The molecule has 0 radical (unpaired) electrons. The average molecular weight is 464 g/mol. The Balaban J connectivity index is 1.60. The van der Waals surface area contributed by atoms with E-state index in [1.54, 1.807) is 25.3 Å². The van der Waals surface area contributed by atoms with Crippen LogP contribution in [0.2, 0.25) is 5.02 Å². The fraction of sp³-hybridized carbons (Fsp3) is 0.273. The number of hydrogen-bond donors (Lipinski definition) is 1. The largest absolute Gasteiger partial charge is 0.493 e. The Kier molecular flexibility index (Phi) is 7.64. The number of halogens is 1. The number of carbonyl (C=O) groups is 1. The van der Waals surface area contributed by atoms with Crippen molar-refractivity contribution in [2.75, 3.05) is 20.3 Å². The van der Waals surface area contributed by atoms with Crippen LogP contribution in [0.25, 0.3) is 6.08 Å². The molecule has 0 atom stereocenters. The molecule has 5 nitrogen and oxygen atoms in total. The van der Waals surface area contributed by atoms with Crippen molar-refractivity contribution in [1.29, 1.82) is 0 Å². The van der Waals surface area contributed by atoms with Crippen LogP contribution >= 0.6 is 35.6 Å². The molecule has 1 amide bonds. The number of amides is 1. The van der Waals surface area contributed by atoms with Gasteiger partial charge in [0.2, 0.25) is 0 Å². The van der Waals surface area contributed by atoms with Gasteiger partial charge in [-0.25, -0.2) is 0 Å². The van der Waals surface area contributed by atoms with Crippen molar-refractivity contribution in [2.24, 2.45) is 0 Å². The minimum atomic E-state index is -0.218. The van der Waals surface area contributed by atoms with Crippen LogP contribution in [0.5, 0.6) is 17.2 Å². The first-order valence-corrected chi connectivity index (χ1v) is 10.9. The summed E-state index contributed by atoms with van der Waals surface area (Å²) in [6.45, 7) is 5.04. The molecule has 0 unspecified atom stereocenters. The zero-order valence-electron chi connectivity index (χ0n) is 16.9. The molecule has 1 saturated heterocycles. The van der Waals surface area contributed by atoms with E-state index in [4.69, 9.17) is 38.0 Å². The van der Waals surface area contributed by atoms with Gasteiger partial charge in [0.05, 0.1) is 30.3 Å². The lowest BCUT2D eigenvalue weighted by Crippen LogP contribution is -2.17. The molecule has 0 bridgehead atoms. The van der Waals surface area contributed by atoms with E-state index in [1.807, 2.05) is 26.0 Å². The number of nitrogens with one attached hydrogen (secondary N) is 1. The Morgan fingerprint density at radius 2 is 1.80 bits per heavy atom. The van der Waals surface area contributed by atoms with Crippen LogP contribution in [-0.2, 0) is 4.79 Å². The second-order valence-electron chi connectivity index (χ2n) is 6.76. The topological polar surface area (TPSA) is 56.8 Å². The fourth-order valence-electron chi connectivity index (χ4n) is 2.98. The molecule has 0 aliphatic carbocycles. The molecule has 1 aliphatic heterocycles. The summed E-state index contributed by atoms with van der Waals surface area (Å²) in [5, 5.41) is 2.99. The zero-order chi connectivity index (χ0) is 21.7. The first-order chi connectivity index (χ1) is 14.4. The summed E-state index contributed by atoms with van der Waals surface area (Å²) >= 11 is 12.6. The quantitative estimate of drug-likeness (QED) is 0.325. The van der Waals surface area contributed by atoms with Crippen molar-refractivity contribution in [3.05, 3.63) is 56.9 Å². The van der Waals surface area contributed by atoms with Crippen molar-refractivity contribution in [2.45, 2.75) is 20.3 Å². The van der Waals surface area contributed by atoms with Gasteiger partial charge in [-0.05, 0) is 60.9 Å². The number of ether oxygens (including phenoxy) is 3. The Morgan fingerprint density at radius 3 is 2.43 bits per heavy atom. The molecule has 1 fully saturated rings. The number of benzene rings is 2. The highest BCUT2D eigenvalue weighted by Crippen LogP contribution is 2.38. The smallest absolute Gasteiger partial charge is 0.263 e. The van der Waals surface area contributed by atoms with Gasteiger partial charge in [0.15, 0.2) is 11.5 Å². The maximum Gasteiger partial charge on any atom is 0.263 e.